The van der Waals surface area contributed by atoms with Crippen molar-refractivity contribution in [1.82, 2.24) is 5.32 Å². The summed E-state index contributed by atoms with van der Waals surface area (Å²) in [5, 5.41) is 2.17. The highest BCUT2D eigenvalue weighted by molar-refractivity contribution is 6.13. The summed E-state index contributed by atoms with van der Waals surface area (Å²) in [4.78, 5) is 49.4. The van der Waals surface area contributed by atoms with Gasteiger partial charge in [0.2, 0.25) is 11.4 Å². The zero-order valence-corrected chi connectivity index (χ0v) is 15.6. The molecule has 0 aliphatic heterocycles. The molecular weight excluding hydrogens is 361 g/mol. The number of esters is 2. The molecule has 0 bridgehead atoms. The van der Waals surface area contributed by atoms with Gasteiger partial charge < -0.3 is 19.5 Å². The van der Waals surface area contributed by atoms with E-state index in [4.69, 9.17) is 14.2 Å². The Balaban J connectivity index is 3.43. The minimum Gasteiger partial charge on any atom is -0.496 e. The van der Waals surface area contributed by atoms with Gasteiger partial charge >= 0.3 is 11.9 Å². The Morgan fingerprint density at radius 1 is 1.07 bits per heavy atom. The lowest BCUT2D eigenvalue weighted by atomic mass is 9.89. The van der Waals surface area contributed by atoms with E-state index in [1.54, 1.807) is 0 Å². The molecule has 8 nitrogen and oxygen atoms in total. The first-order valence-electron chi connectivity index (χ1n) is 8.21. The topological polar surface area (TPSA) is 108 Å². The maximum atomic E-state index is 13.6. The highest BCUT2D eigenvalue weighted by Gasteiger charge is 2.52. The first kappa shape index (κ1) is 22.1. The first-order chi connectivity index (χ1) is 12.7. The van der Waals surface area contributed by atoms with E-state index >= 15 is 0 Å². The second-order valence-corrected chi connectivity index (χ2v) is 5.47. The third-order valence-electron chi connectivity index (χ3n) is 3.52. The van der Waals surface area contributed by atoms with Crippen molar-refractivity contribution in [2.45, 2.75) is 32.7 Å². The van der Waals surface area contributed by atoms with Crippen LogP contribution in [0.2, 0.25) is 0 Å². The Hall–Kier alpha value is -2.97. The maximum Gasteiger partial charge on any atom is 0.344 e. The third kappa shape index (κ3) is 5.25. The molecule has 1 amide bonds. The Morgan fingerprint density at radius 2 is 1.63 bits per heavy atom. The van der Waals surface area contributed by atoms with Crippen LogP contribution in [-0.4, -0.2) is 49.5 Å². The van der Waals surface area contributed by atoms with Gasteiger partial charge in [-0.05, 0) is 32.0 Å². The van der Waals surface area contributed by atoms with Crippen LogP contribution < -0.4 is 10.1 Å². The average molecular weight is 383 g/mol. The number of benzene rings is 1. The molecule has 0 fully saturated rings. The molecule has 0 atom stereocenters. The minimum absolute atomic E-state index is 0.0471. The molecule has 27 heavy (non-hydrogen) atoms. The highest BCUT2D eigenvalue weighted by atomic mass is 19.1. The summed E-state index contributed by atoms with van der Waals surface area (Å²) in [6, 6.07) is 3.24. The molecule has 1 aromatic rings. The van der Waals surface area contributed by atoms with E-state index in [0.717, 1.165) is 19.1 Å². The SMILES string of the molecule is CCOC(=O)C(CC(=O)c1cc(F)ccc1OC)(NC(C)=O)C(=O)OCC. The minimum atomic E-state index is -2.40. The molecule has 0 saturated carbocycles. The van der Waals surface area contributed by atoms with E-state index < -0.39 is 41.4 Å². The Kier molecular flexibility index (Phi) is 7.89. The van der Waals surface area contributed by atoms with E-state index in [-0.39, 0.29) is 24.5 Å². The van der Waals surface area contributed by atoms with E-state index in [0.29, 0.717) is 0 Å². The van der Waals surface area contributed by atoms with Crippen molar-refractivity contribution in [3.63, 3.8) is 0 Å². The summed E-state index contributed by atoms with van der Waals surface area (Å²) >= 11 is 0. The highest BCUT2D eigenvalue weighted by Crippen LogP contribution is 2.25. The van der Waals surface area contributed by atoms with Gasteiger partial charge in [0.15, 0.2) is 5.78 Å². The molecule has 1 aromatic carbocycles. The fourth-order valence-electron chi connectivity index (χ4n) is 2.42. The zero-order chi connectivity index (χ0) is 20.6. The fraction of sp³-hybridized carbons (Fsp3) is 0.444. The summed E-state index contributed by atoms with van der Waals surface area (Å²) < 4.78 is 28.4. The van der Waals surface area contributed by atoms with Gasteiger partial charge in [-0.1, -0.05) is 0 Å². The number of hydrogen-bond donors (Lipinski definition) is 1. The molecule has 1 rings (SSSR count). The number of carbonyl (C=O) groups is 4. The predicted octanol–water partition coefficient (Wildman–Crippen LogP) is 1.41. The molecule has 0 aliphatic carbocycles. The lowest BCUT2D eigenvalue weighted by Crippen LogP contribution is -2.62. The van der Waals surface area contributed by atoms with Crippen LogP contribution in [0.5, 0.6) is 5.75 Å². The number of ether oxygens (including phenoxy) is 3. The van der Waals surface area contributed by atoms with E-state index in [1.807, 2.05) is 0 Å². The molecule has 0 saturated heterocycles. The molecule has 0 radical (unpaired) electrons. The maximum absolute atomic E-state index is 13.6. The molecule has 148 valence electrons. The molecule has 1 N–H and O–H groups in total. The van der Waals surface area contributed by atoms with Crippen molar-refractivity contribution < 1.29 is 37.8 Å². The number of hydrogen-bond acceptors (Lipinski definition) is 7. The van der Waals surface area contributed by atoms with Gasteiger partial charge in [0.1, 0.15) is 11.6 Å². The zero-order valence-electron chi connectivity index (χ0n) is 15.6. The van der Waals surface area contributed by atoms with E-state index in [1.165, 1.54) is 27.0 Å². The van der Waals surface area contributed by atoms with Gasteiger partial charge in [-0.15, -0.1) is 0 Å². The molecule has 0 heterocycles. The van der Waals surface area contributed by atoms with Crippen LogP contribution in [0.1, 0.15) is 37.6 Å². The summed E-state index contributed by atoms with van der Waals surface area (Å²) in [5.41, 5.74) is -2.59. The number of amides is 1. The fourth-order valence-corrected chi connectivity index (χ4v) is 2.42. The van der Waals surface area contributed by atoms with Gasteiger partial charge in [-0.2, -0.15) is 0 Å². The lowest BCUT2D eigenvalue weighted by molar-refractivity contribution is -0.167. The summed E-state index contributed by atoms with van der Waals surface area (Å²) in [6.45, 7) is 3.87. The number of ketones is 1. The number of rotatable bonds is 9. The number of Topliss-reactive ketones (excluding diaryl/α,β-unsaturated/α-hetero) is 1. The van der Waals surface area contributed by atoms with Crippen LogP contribution in [0, 0.1) is 5.82 Å². The molecule has 0 aliphatic rings. The van der Waals surface area contributed by atoms with Crippen molar-refractivity contribution in [2.75, 3.05) is 20.3 Å². The number of methoxy groups -OCH3 is 1. The smallest absolute Gasteiger partial charge is 0.344 e. The van der Waals surface area contributed by atoms with Gasteiger partial charge in [0, 0.05) is 6.92 Å². The molecule has 0 spiro atoms. The summed E-state index contributed by atoms with van der Waals surface area (Å²) in [5.74, 6) is -4.54. The Labute approximate surface area is 156 Å². The monoisotopic (exact) mass is 383 g/mol. The summed E-state index contributed by atoms with van der Waals surface area (Å²) in [6.07, 6.45) is -0.829. The Bertz CT molecular complexity index is 714. The first-order valence-corrected chi connectivity index (χ1v) is 8.21. The summed E-state index contributed by atoms with van der Waals surface area (Å²) in [7, 11) is 1.28. The Morgan fingerprint density at radius 3 is 2.07 bits per heavy atom. The van der Waals surface area contributed by atoms with Crippen LogP contribution in [-0.2, 0) is 23.9 Å². The van der Waals surface area contributed by atoms with Crippen LogP contribution in [0.3, 0.4) is 0 Å². The van der Waals surface area contributed by atoms with Gasteiger partial charge in [-0.3, -0.25) is 9.59 Å². The van der Waals surface area contributed by atoms with Crippen LogP contribution in [0.15, 0.2) is 18.2 Å². The van der Waals surface area contributed by atoms with Crippen molar-refractivity contribution in [3.8, 4) is 5.75 Å². The van der Waals surface area contributed by atoms with Gasteiger partial charge in [0.05, 0.1) is 32.3 Å². The molecule has 0 aromatic heterocycles. The lowest BCUT2D eigenvalue weighted by Gasteiger charge is -2.29. The number of carbonyl (C=O) groups excluding carboxylic acids is 4. The largest absolute Gasteiger partial charge is 0.496 e. The standard InChI is InChI=1S/C18H22FNO7/c1-5-26-16(23)18(20-11(3)21,17(24)27-6-2)10-14(22)13-9-12(19)7-8-15(13)25-4/h7-9H,5-6,10H2,1-4H3,(H,20,21). The van der Waals surface area contributed by atoms with Crippen molar-refractivity contribution >= 4 is 23.6 Å². The average Bonchev–Trinajstić information content (AvgIpc) is 2.60. The second kappa shape index (κ2) is 9.65. The number of halogens is 1. The van der Waals surface area contributed by atoms with Crippen LogP contribution in [0.25, 0.3) is 0 Å². The van der Waals surface area contributed by atoms with E-state index in [2.05, 4.69) is 5.32 Å². The van der Waals surface area contributed by atoms with Crippen molar-refractivity contribution in [1.29, 1.82) is 0 Å². The number of nitrogens with one attached hydrogen (secondary N) is 1. The predicted molar refractivity (Wildman–Crippen MR) is 91.7 cm³/mol. The van der Waals surface area contributed by atoms with E-state index in [9.17, 15) is 23.6 Å². The van der Waals surface area contributed by atoms with Crippen molar-refractivity contribution in [3.05, 3.63) is 29.6 Å². The van der Waals surface area contributed by atoms with Crippen LogP contribution >= 0.6 is 0 Å². The third-order valence-corrected chi connectivity index (χ3v) is 3.52. The normalized spacial score (nSPS) is 10.7. The van der Waals surface area contributed by atoms with Crippen molar-refractivity contribution in [2.24, 2.45) is 0 Å². The molecule has 0 unspecified atom stereocenters. The quantitative estimate of drug-likeness (QED) is 0.390. The van der Waals surface area contributed by atoms with Crippen LogP contribution in [0.4, 0.5) is 4.39 Å². The molecular formula is C18H22FNO7. The molecule has 9 heteroatoms. The second-order valence-electron chi connectivity index (χ2n) is 5.47. The van der Waals surface area contributed by atoms with Gasteiger partial charge in [-0.25, -0.2) is 14.0 Å². The van der Waals surface area contributed by atoms with Gasteiger partial charge in [0.25, 0.3) is 0 Å².